The first-order valence-corrected chi connectivity index (χ1v) is 3.67. The van der Waals surface area contributed by atoms with Crippen LogP contribution in [-0.4, -0.2) is 46.5 Å². The van der Waals surface area contributed by atoms with Crippen molar-refractivity contribution >= 4 is 0 Å². The zero-order valence-electron chi connectivity index (χ0n) is 6.46. The Kier molecular flexibility index (Phi) is 3.39. The van der Waals surface area contributed by atoms with Gasteiger partial charge in [0.15, 0.2) is 6.29 Å². The summed E-state index contributed by atoms with van der Waals surface area (Å²) in [4.78, 5) is 4.34. The summed E-state index contributed by atoms with van der Waals surface area (Å²) in [6.07, 6.45) is -3.54. The highest BCUT2D eigenvalue weighted by Gasteiger charge is 2.36. The smallest absolute Gasteiger partial charge is 0.180 e. The molecule has 0 spiro atoms. The molecule has 1 aliphatic heterocycles. The van der Waals surface area contributed by atoms with E-state index in [9.17, 15) is 10.2 Å². The van der Waals surface area contributed by atoms with Gasteiger partial charge in [0, 0.05) is 6.42 Å². The molecule has 0 amide bonds. The van der Waals surface area contributed by atoms with Gasteiger partial charge in [0.25, 0.3) is 0 Å². The van der Waals surface area contributed by atoms with E-state index in [0.29, 0.717) is 0 Å². The highest BCUT2D eigenvalue weighted by atomic mass is 16.8. The maximum Gasteiger partial charge on any atom is 0.180 e. The Balaban J connectivity index is 2.52. The molecule has 6 nitrogen and oxygen atoms in total. The van der Waals surface area contributed by atoms with Gasteiger partial charge >= 0.3 is 0 Å². The molecule has 0 radical (unpaired) electrons. The SMILES string of the molecule is NOC1C[C@@H](O)C(O)[C@@H](CO)O1. The van der Waals surface area contributed by atoms with Crippen LogP contribution in [0.15, 0.2) is 0 Å². The molecule has 0 aromatic rings. The van der Waals surface area contributed by atoms with Gasteiger partial charge in [-0.15, -0.1) is 0 Å². The lowest BCUT2D eigenvalue weighted by atomic mass is 10.0. The van der Waals surface area contributed by atoms with Gasteiger partial charge in [0.1, 0.15) is 12.2 Å². The summed E-state index contributed by atoms with van der Waals surface area (Å²) in [6.45, 7) is -0.377. The van der Waals surface area contributed by atoms with E-state index in [2.05, 4.69) is 4.84 Å². The minimum atomic E-state index is -1.08. The van der Waals surface area contributed by atoms with Gasteiger partial charge in [0.2, 0.25) is 0 Å². The van der Waals surface area contributed by atoms with Crippen molar-refractivity contribution in [3.63, 3.8) is 0 Å². The third kappa shape index (κ3) is 1.92. The zero-order valence-corrected chi connectivity index (χ0v) is 6.46. The molecule has 1 fully saturated rings. The second-order valence-electron chi connectivity index (χ2n) is 2.72. The Morgan fingerprint density at radius 3 is 2.67 bits per heavy atom. The van der Waals surface area contributed by atoms with Gasteiger partial charge in [-0.25, -0.2) is 5.90 Å². The molecule has 0 bridgehead atoms. The van der Waals surface area contributed by atoms with Crippen molar-refractivity contribution in [2.75, 3.05) is 6.61 Å². The van der Waals surface area contributed by atoms with Crippen molar-refractivity contribution in [2.24, 2.45) is 5.90 Å². The second kappa shape index (κ2) is 4.13. The number of rotatable bonds is 2. The zero-order chi connectivity index (χ0) is 9.14. The predicted octanol–water partition coefficient (Wildman–Crippen LogP) is -2.29. The Morgan fingerprint density at radius 1 is 1.50 bits per heavy atom. The van der Waals surface area contributed by atoms with Crippen molar-refractivity contribution in [3.8, 4) is 0 Å². The quantitative estimate of drug-likeness (QED) is 0.355. The molecule has 72 valence electrons. The Morgan fingerprint density at radius 2 is 2.17 bits per heavy atom. The molecule has 1 rings (SSSR count). The summed E-state index contributed by atoms with van der Waals surface area (Å²) < 4.78 is 4.96. The molecule has 2 unspecified atom stereocenters. The van der Waals surface area contributed by atoms with Crippen LogP contribution in [0.5, 0.6) is 0 Å². The summed E-state index contributed by atoms with van der Waals surface area (Å²) >= 11 is 0. The molecule has 0 aromatic heterocycles. The molecule has 4 atom stereocenters. The summed E-state index contributed by atoms with van der Waals surface area (Å²) in [5.41, 5.74) is 0. The fourth-order valence-electron chi connectivity index (χ4n) is 1.15. The molecule has 6 heteroatoms. The standard InChI is InChI=1S/C6H13NO5/c7-12-5-1-3(9)6(10)4(2-8)11-5/h3-6,8-10H,1-2,7H2/t3-,4-,5?,6?/m1/s1. The van der Waals surface area contributed by atoms with E-state index >= 15 is 0 Å². The van der Waals surface area contributed by atoms with E-state index in [-0.39, 0.29) is 13.0 Å². The number of aliphatic hydroxyl groups excluding tert-OH is 3. The Bertz CT molecular complexity index is 144. The van der Waals surface area contributed by atoms with Gasteiger partial charge in [-0.2, -0.15) is 0 Å². The second-order valence-corrected chi connectivity index (χ2v) is 2.72. The van der Waals surface area contributed by atoms with Crippen LogP contribution in [0.3, 0.4) is 0 Å². The molecule has 0 aromatic carbocycles. The van der Waals surface area contributed by atoms with Crippen LogP contribution in [0.2, 0.25) is 0 Å². The topological polar surface area (TPSA) is 105 Å². The van der Waals surface area contributed by atoms with Crippen molar-refractivity contribution in [2.45, 2.75) is 31.0 Å². The van der Waals surface area contributed by atoms with Crippen molar-refractivity contribution in [3.05, 3.63) is 0 Å². The average Bonchev–Trinajstić information content (AvgIpc) is 2.09. The molecular formula is C6H13NO5. The largest absolute Gasteiger partial charge is 0.394 e. The van der Waals surface area contributed by atoms with Crippen LogP contribution in [0.4, 0.5) is 0 Å². The first kappa shape index (κ1) is 9.85. The van der Waals surface area contributed by atoms with Crippen LogP contribution in [0.25, 0.3) is 0 Å². The summed E-state index contributed by atoms with van der Waals surface area (Å²) in [5, 5.41) is 27.1. The molecule has 12 heavy (non-hydrogen) atoms. The van der Waals surface area contributed by atoms with Crippen LogP contribution in [0, 0.1) is 0 Å². The van der Waals surface area contributed by atoms with Crippen LogP contribution >= 0.6 is 0 Å². The lowest BCUT2D eigenvalue weighted by molar-refractivity contribution is -0.258. The minimum absolute atomic E-state index is 0.105. The van der Waals surface area contributed by atoms with Crippen molar-refractivity contribution < 1.29 is 24.9 Å². The number of aliphatic hydroxyl groups is 3. The van der Waals surface area contributed by atoms with E-state index in [4.69, 9.17) is 15.7 Å². The monoisotopic (exact) mass is 179 g/mol. The summed E-state index contributed by atoms with van der Waals surface area (Å²) in [7, 11) is 0. The van der Waals surface area contributed by atoms with Crippen LogP contribution in [-0.2, 0) is 9.57 Å². The number of ether oxygens (including phenoxy) is 1. The lowest BCUT2D eigenvalue weighted by Crippen LogP contribution is -2.51. The van der Waals surface area contributed by atoms with Crippen LogP contribution < -0.4 is 5.90 Å². The first-order valence-electron chi connectivity index (χ1n) is 3.67. The molecule has 0 aliphatic carbocycles. The number of nitrogens with two attached hydrogens (primary N) is 1. The minimum Gasteiger partial charge on any atom is -0.394 e. The normalized spacial score (nSPS) is 43.0. The average molecular weight is 179 g/mol. The van der Waals surface area contributed by atoms with Crippen LogP contribution in [0.1, 0.15) is 6.42 Å². The highest BCUT2D eigenvalue weighted by molar-refractivity contribution is 4.81. The fourth-order valence-corrected chi connectivity index (χ4v) is 1.15. The molecule has 1 aliphatic rings. The maximum atomic E-state index is 9.22. The molecular weight excluding hydrogens is 166 g/mol. The van der Waals surface area contributed by atoms with Gasteiger partial charge in [-0.3, -0.25) is 4.84 Å². The van der Waals surface area contributed by atoms with Gasteiger partial charge in [-0.05, 0) is 0 Å². The maximum absolute atomic E-state index is 9.22. The van der Waals surface area contributed by atoms with E-state index in [0.717, 1.165) is 0 Å². The number of hydrogen-bond donors (Lipinski definition) is 4. The third-order valence-corrected chi connectivity index (χ3v) is 1.87. The molecule has 1 heterocycles. The summed E-state index contributed by atoms with van der Waals surface area (Å²) in [5.74, 6) is 4.83. The molecule has 0 saturated carbocycles. The van der Waals surface area contributed by atoms with Gasteiger partial charge in [0.05, 0.1) is 12.7 Å². The van der Waals surface area contributed by atoms with Crippen molar-refractivity contribution in [1.29, 1.82) is 0 Å². The van der Waals surface area contributed by atoms with E-state index in [1.165, 1.54) is 0 Å². The Hall–Kier alpha value is -0.240. The van der Waals surface area contributed by atoms with Crippen molar-refractivity contribution in [1.82, 2.24) is 0 Å². The van der Waals surface area contributed by atoms with E-state index in [1.807, 2.05) is 0 Å². The predicted molar refractivity (Wildman–Crippen MR) is 37.6 cm³/mol. The highest BCUT2D eigenvalue weighted by Crippen LogP contribution is 2.19. The van der Waals surface area contributed by atoms with Gasteiger partial charge < -0.3 is 20.1 Å². The molecule has 5 N–H and O–H groups in total. The lowest BCUT2D eigenvalue weighted by Gasteiger charge is -2.34. The first-order chi connectivity index (χ1) is 5.69. The Labute approximate surface area is 69.5 Å². The van der Waals surface area contributed by atoms with Gasteiger partial charge in [-0.1, -0.05) is 0 Å². The molecule has 1 saturated heterocycles. The summed E-state index contributed by atoms with van der Waals surface area (Å²) in [6, 6.07) is 0. The fraction of sp³-hybridized carbons (Fsp3) is 1.00. The number of hydrogen-bond acceptors (Lipinski definition) is 6. The van der Waals surface area contributed by atoms with E-state index < -0.39 is 24.6 Å². The third-order valence-electron chi connectivity index (χ3n) is 1.87. The van der Waals surface area contributed by atoms with E-state index in [1.54, 1.807) is 0 Å².